The molecule has 0 aromatic rings. The number of quaternary nitrogens is 2. The Labute approximate surface area is 103 Å². The van der Waals surface area contributed by atoms with Gasteiger partial charge in [-0.3, -0.25) is 0 Å². The summed E-state index contributed by atoms with van der Waals surface area (Å²) in [6.45, 7) is 3.92. The van der Waals surface area contributed by atoms with Crippen LogP contribution in [0.3, 0.4) is 0 Å². The van der Waals surface area contributed by atoms with E-state index in [-0.39, 0.29) is 0 Å². The Hall–Kier alpha value is -1.76. The molecule has 1 fully saturated rings. The molecule has 108 valence electrons. The number of likely N-dealkylation sites (N-methyl/N-ethyl adjacent to an activating group) is 2. The van der Waals surface area contributed by atoms with Gasteiger partial charge in [0, 0.05) is 0 Å². The molecule has 0 atom stereocenters. The van der Waals surface area contributed by atoms with E-state index in [1.165, 1.54) is 0 Å². The van der Waals surface area contributed by atoms with Crippen molar-refractivity contribution in [2.75, 3.05) is 40.3 Å². The summed E-state index contributed by atoms with van der Waals surface area (Å²) >= 11 is 0. The Balaban J connectivity index is 0. The molecule has 0 bridgehead atoms. The lowest BCUT2D eigenvalue weighted by molar-refractivity contribution is -1.03. The predicted octanol–water partition coefficient (Wildman–Crippen LogP) is -1.84. The summed E-state index contributed by atoms with van der Waals surface area (Å²) in [5.41, 5.74) is 0. The van der Waals surface area contributed by atoms with Crippen LogP contribution in [0.1, 0.15) is 0 Å². The zero-order valence-electron chi connectivity index (χ0n) is 10.2. The molecule has 12 nitrogen and oxygen atoms in total. The quantitative estimate of drug-likeness (QED) is 0.222. The van der Waals surface area contributed by atoms with E-state index >= 15 is 0 Å². The Morgan fingerprint density at radius 2 is 0.889 bits per heavy atom. The molecule has 0 saturated carbocycles. The monoisotopic (exact) mass is 270 g/mol. The molecule has 1 rings (SSSR count). The normalized spacial score (nSPS) is 30.0. The first-order valence-corrected chi connectivity index (χ1v) is 4.77. The third-order valence-electron chi connectivity index (χ3n) is 2.24. The van der Waals surface area contributed by atoms with E-state index in [4.69, 9.17) is 42.3 Å². The molecule has 0 radical (unpaired) electrons. The molecule has 0 aromatic heterocycles. The number of hydrogen-bond donors (Lipinski definition) is 2. The summed E-state index contributed by atoms with van der Waals surface area (Å²) in [6, 6.07) is 0. The van der Waals surface area contributed by atoms with Crippen molar-refractivity contribution in [2.45, 2.75) is 0 Å². The van der Waals surface area contributed by atoms with Crippen LogP contribution in [0.5, 0.6) is 0 Å². The average Bonchev–Trinajstić information content (AvgIpc) is 2.09. The summed E-state index contributed by atoms with van der Waals surface area (Å²) in [5.74, 6) is 11.7. The molecule has 1 aliphatic heterocycles. The van der Waals surface area contributed by atoms with Crippen LogP contribution in [0.4, 0.5) is 0 Å². The van der Waals surface area contributed by atoms with Crippen LogP contribution in [0.15, 0.2) is 0 Å². The highest BCUT2D eigenvalue weighted by Gasteiger charge is 2.32. The van der Waals surface area contributed by atoms with E-state index in [9.17, 15) is 0 Å². The summed E-state index contributed by atoms with van der Waals surface area (Å²) in [5, 5.41) is 29.5. The number of piperazine rings is 1. The molecule has 1 aliphatic rings. The van der Waals surface area contributed by atoms with Gasteiger partial charge in [-0.15, -0.1) is 0 Å². The molecule has 0 unspecified atom stereocenters. The van der Waals surface area contributed by atoms with Crippen LogP contribution in [-0.2, 0) is 0 Å². The number of rotatable bonds is 0. The maximum Gasteiger partial charge on any atom is 0.147 e. The molecule has 0 aromatic carbocycles. The molecule has 0 spiro atoms. The molecule has 0 amide bonds. The van der Waals surface area contributed by atoms with Crippen LogP contribution >= 0.6 is 0 Å². The van der Waals surface area contributed by atoms with Gasteiger partial charge in [0.15, 0.2) is 0 Å². The van der Waals surface area contributed by atoms with Crippen molar-refractivity contribution in [1.29, 1.82) is 0 Å². The summed E-state index contributed by atoms with van der Waals surface area (Å²) in [4.78, 5) is 16.5. The Kier molecular flexibility index (Phi) is 7.80. The van der Waals surface area contributed by atoms with Crippen molar-refractivity contribution in [2.24, 2.45) is 11.7 Å². The van der Waals surface area contributed by atoms with Crippen LogP contribution in [0, 0.1) is 30.6 Å². The summed E-state index contributed by atoms with van der Waals surface area (Å²) in [7, 11) is 4.08. The zero-order valence-corrected chi connectivity index (χ0v) is 10.2. The van der Waals surface area contributed by atoms with Crippen molar-refractivity contribution < 1.29 is 19.4 Å². The van der Waals surface area contributed by atoms with Crippen LogP contribution in [-0.4, -0.2) is 59.6 Å². The van der Waals surface area contributed by atoms with Crippen LogP contribution < -0.4 is 11.7 Å². The highest BCUT2D eigenvalue weighted by molar-refractivity contribution is 4.41. The molecule has 1 heterocycles. The smallest absolute Gasteiger partial charge is 0.147 e. The molecule has 4 N–H and O–H groups in total. The second kappa shape index (κ2) is 7.54. The van der Waals surface area contributed by atoms with Gasteiger partial charge in [0.2, 0.25) is 0 Å². The minimum Gasteiger partial charge on any atom is -0.356 e. The molecule has 1 saturated heterocycles. The van der Waals surface area contributed by atoms with Gasteiger partial charge in [-0.25, -0.2) is 9.18 Å². The number of hydrogen-bond acceptors (Lipinski definition) is 8. The third-order valence-corrected chi connectivity index (χ3v) is 2.24. The first kappa shape index (κ1) is 18.6. The first-order valence-electron chi connectivity index (χ1n) is 4.77. The highest BCUT2D eigenvalue weighted by Crippen LogP contribution is 2.05. The molecule has 18 heavy (non-hydrogen) atoms. The second-order valence-electron chi connectivity index (χ2n) is 4.30. The fourth-order valence-electron chi connectivity index (χ4n) is 1.14. The zero-order chi connectivity index (χ0) is 15.0. The lowest BCUT2D eigenvalue weighted by Crippen LogP contribution is -2.69. The van der Waals surface area contributed by atoms with E-state index in [1.54, 1.807) is 0 Å². The van der Waals surface area contributed by atoms with Crippen molar-refractivity contribution >= 4 is 0 Å². The van der Waals surface area contributed by atoms with Gasteiger partial charge in [0.05, 0.1) is 24.3 Å². The fourth-order valence-corrected chi connectivity index (χ4v) is 1.14. The number of nitrogens with two attached hydrogens (primary N) is 2. The highest BCUT2D eigenvalue weighted by atomic mass is 16.9. The lowest BCUT2D eigenvalue weighted by atomic mass is 10.3. The van der Waals surface area contributed by atoms with Gasteiger partial charge in [0.25, 0.3) is 0 Å². The molecular formula is C6H18N6O6. The SMILES string of the molecule is C[N+]1(N)CC[N+](C)(N)CC1.O=[N+]([O-])[O-].O=[N+]([O-])[O-]. The lowest BCUT2D eigenvalue weighted by Gasteiger charge is -2.39. The van der Waals surface area contributed by atoms with Crippen molar-refractivity contribution in [3.63, 3.8) is 0 Å². The largest absolute Gasteiger partial charge is 0.356 e. The van der Waals surface area contributed by atoms with Crippen LogP contribution in [0.2, 0.25) is 0 Å². The standard InChI is InChI=1S/C6H18N4.2NO3/c1-9(7)3-5-10(2,8)6-4-9;2*2-1(3)4/h3-8H2,1-2H3;;/q+2;2*-1. The predicted molar refractivity (Wildman–Crippen MR) is 60.9 cm³/mol. The average molecular weight is 270 g/mol. The number of nitrogens with zero attached hydrogens (tertiary/aromatic N) is 4. The first-order chi connectivity index (χ1) is 7.88. The van der Waals surface area contributed by atoms with Crippen molar-refractivity contribution in [3.05, 3.63) is 30.6 Å². The van der Waals surface area contributed by atoms with E-state index in [1.807, 2.05) is 14.1 Å². The Morgan fingerprint density at radius 1 is 0.778 bits per heavy atom. The maximum absolute atomic E-state index is 8.25. The summed E-state index contributed by atoms with van der Waals surface area (Å²) < 4.78 is 1.26. The van der Waals surface area contributed by atoms with Gasteiger partial charge >= 0.3 is 0 Å². The van der Waals surface area contributed by atoms with Crippen LogP contribution in [0.25, 0.3) is 0 Å². The maximum atomic E-state index is 8.25. The van der Waals surface area contributed by atoms with E-state index in [2.05, 4.69) is 0 Å². The molecule has 12 heteroatoms. The van der Waals surface area contributed by atoms with Gasteiger partial charge in [-0.1, -0.05) is 0 Å². The van der Waals surface area contributed by atoms with Gasteiger partial charge in [-0.05, 0) is 0 Å². The van der Waals surface area contributed by atoms with E-state index < -0.39 is 10.2 Å². The van der Waals surface area contributed by atoms with Crippen molar-refractivity contribution in [3.8, 4) is 0 Å². The van der Waals surface area contributed by atoms with Gasteiger partial charge in [-0.2, -0.15) is 11.7 Å². The third kappa shape index (κ3) is 16.7. The minimum atomic E-state index is -1.75. The fraction of sp³-hybridized carbons (Fsp3) is 1.00. The van der Waals surface area contributed by atoms with Gasteiger partial charge in [0.1, 0.15) is 26.2 Å². The minimum absolute atomic E-state index is 0.630. The molecule has 0 aliphatic carbocycles. The second-order valence-corrected chi connectivity index (χ2v) is 4.30. The topological polar surface area (TPSA) is 184 Å². The summed E-state index contributed by atoms with van der Waals surface area (Å²) in [6.07, 6.45) is 0. The molecular weight excluding hydrogens is 252 g/mol. The van der Waals surface area contributed by atoms with E-state index in [0.29, 0.717) is 9.18 Å². The van der Waals surface area contributed by atoms with Gasteiger partial charge < -0.3 is 30.6 Å². The Bertz CT molecular complexity index is 234. The van der Waals surface area contributed by atoms with Crippen molar-refractivity contribution in [1.82, 2.24) is 0 Å². The van der Waals surface area contributed by atoms with E-state index in [0.717, 1.165) is 26.2 Å². The Morgan fingerprint density at radius 3 is 1.00 bits per heavy atom.